The van der Waals surface area contributed by atoms with Gasteiger partial charge >= 0.3 is 5.09 Å². The highest BCUT2D eigenvalue weighted by Crippen LogP contribution is 2.25. The molecule has 0 bridgehead atoms. The van der Waals surface area contributed by atoms with Gasteiger partial charge in [-0.05, 0) is 18.2 Å². The third kappa shape index (κ3) is 1.77. The van der Waals surface area contributed by atoms with Gasteiger partial charge in [-0.25, -0.2) is 4.98 Å². The molecule has 3 aromatic rings. The van der Waals surface area contributed by atoms with Crippen LogP contribution in [0.3, 0.4) is 0 Å². The van der Waals surface area contributed by atoms with Crippen LogP contribution in [0.25, 0.3) is 16.7 Å². The molecule has 0 radical (unpaired) electrons. The molecule has 0 saturated heterocycles. The Kier molecular flexibility index (Phi) is 2.46. The van der Waals surface area contributed by atoms with Crippen LogP contribution in [-0.2, 0) is 0 Å². The molecule has 0 N–H and O–H groups in total. The highest BCUT2D eigenvalue weighted by molar-refractivity contribution is 5.83. The molecule has 3 rings (SSSR count). The summed E-state index contributed by atoms with van der Waals surface area (Å²) >= 11 is 0. The Morgan fingerprint density at radius 3 is 2.65 bits per heavy atom. The van der Waals surface area contributed by atoms with Crippen LogP contribution in [0.1, 0.15) is 0 Å². The van der Waals surface area contributed by atoms with Crippen molar-refractivity contribution in [1.29, 1.82) is 0 Å². The summed E-state index contributed by atoms with van der Waals surface area (Å²) < 4.78 is 1.42. The summed E-state index contributed by atoms with van der Waals surface area (Å²) in [5, 5.41) is 20.3. The second-order valence-electron chi connectivity index (χ2n) is 3.91. The number of nitro groups is 1. The van der Waals surface area contributed by atoms with Crippen LogP contribution < -0.4 is 4.84 Å². The van der Waals surface area contributed by atoms with E-state index in [9.17, 15) is 20.2 Å². The largest absolute Gasteiger partial charge is 0.301 e. The summed E-state index contributed by atoms with van der Waals surface area (Å²) in [5.41, 5.74) is 1.15. The zero-order valence-corrected chi connectivity index (χ0v) is 9.79. The van der Waals surface area contributed by atoms with Crippen molar-refractivity contribution < 1.29 is 14.8 Å². The standard InChI is InChI=1S/C11H6N4O5/c16-14(17)7-4-5-9-8(6-7)12-10-2-1-3-11(13(9)10)20-15(18)19/h1-6H. The minimum atomic E-state index is -0.925. The van der Waals surface area contributed by atoms with Crippen molar-refractivity contribution in [1.82, 2.24) is 9.38 Å². The first-order chi connectivity index (χ1) is 9.56. The van der Waals surface area contributed by atoms with Crippen molar-refractivity contribution in [2.24, 2.45) is 0 Å². The van der Waals surface area contributed by atoms with Crippen molar-refractivity contribution in [2.75, 3.05) is 0 Å². The molecule has 9 heteroatoms. The van der Waals surface area contributed by atoms with E-state index in [1.807, 2.05) is 0 Å². The molecule has 100 valence electrons. The van der Waals surface area contributed by atoms with Gasteiger partial charge in [0, 0.05) is 12.1 Å². The quantitative estimate of drug-likeness (QED) is 0.533. The summed E-state index contributed by atoms with van der Waals surface area (Å²) in [4.78, 5) is 29.3. The zero-order chi connectivity index (χ0) is 14.3. The summed E-state index contributed by atoms with van der Waals surface area (Å²) in [6.45, 7) is 0. The van der Waals surface area contributed by atoms with Gasteiger partial charge in [0.1, 0.15) is 5.65 Å². The van der Waals surface area contributed by atoms with E-state index in [0.717, 1.165) is 0 Å². The summed E-state index contributed by atoms with van der Waals surface area (Å²) in [5.74, 6) is -0.0242. The Hall–Kier alpha value is -3.23. The molecule has 0 aliphatic carbocycles. The SMILES string of the molecule is O=[N+]([O-])Oc1cccc2nc3cc([N+](=O)[O-])ccc3n12. The van der Waals surface area contributed by atoms with Crippen LogP contribution in [-0.4, -0.2) is 19.4 Å². The van der Waals surface area contributed by atoms with E-state index in [1.54, 1.807) is 12.1 Å². The Morgan fingerprint density at radius 1 is 1.15 bits per heavy atom. The maximum Gasteiger partial charge on any atom is 0.301 e. The molecule has 0 amide bonds. The van der Waals surface area contributed by atoms with E-state index in [0.29, 0.717) is 16.7 Å². The molecule has 9 nitrogen and oxygen atoms in total. The number of fused-ring (bicyclic) bond motifs is 3. The first-order valence-corrected chi connectivity index (χ1v) is 5.44. The molecule has 2 aromatic heterocycles. The van der Waals surface area contributed by atoms with E-state index < -0.39 is 10.0 Å². The molecule has 0 saturated carbocycles. The van der Waals surface area contributed by atoms with Gasteiger partial charge in [0.05, 0.1) is 16.0 Å². The monoisotopic (exact) mass is 274 g/mol. The summed E-state index contributed by atoms with van der Waals surface area (Å²) in [7, 11) is 0. The van der Waals surface area contributed by atoms with Gasteiger partial charge in [-0.2, -0.15) is 0 Å². The summed E-state index contributed by atoms with van der Waals surface area (Å²) in [6.07, 6.45) is 0. The van der Waals surface area contributed by atoms with Gasteiger partial charge in [-0.3, -0.25) is 19.4 Å². The number of aromatic nitrogens is 2. The maximum absolute atomic E-state index is 10.7. The average Bonchev–Trinajstić information content (AvgIpc) is 2.76. The average molecular weight is 274 g/mol. The number of rotatable bonds is 3. The second-order valence-corrected chi connectivity index (χ2v) is 3.91. The van der Waals surface area contributed by atoms with Crippen molar-refractivity contribution in [3.8, 4) is 5.88 Å². The highest BCUT2D eigenvalue weighted by Gasteiger charge is 2.14. The minimum Gasteiger partial charge on any atom is -0.273 e. The lowest BCUT2D eigenvalue weighted by molar-refractivity contribution is -0.712. The number of imidazole rings is 1. The number of hydrogen-bond acceptors (Lipinski definition) is 6. The van der Waals surface area contributed by atoms with Crippen molar-refractivity contribution >= 4 is 22.4 Å². The molecular formula is C11H6N4O5. The van der Waals surface area contributed by atoms with Crippen LogP contribution in [0.5, 0.6) is 5.88 Å². The number of nitro benzene ring substituents is 1. The Balaban J connectivity index is 2.32. The fourth-order valence-electron chi connectivity index (χ4n) is 1.98. The van der Waals surface area contributed by atoms with E-state index in [-0.39, 0.29) is 11.6 Å². The molecule has 1 aromatic carbocycles. The Morgan fingerprint density at radius 2 is 1.95 bits per heavy atom. The van der Waals surface area contributed by atoms with Crippen LogP contribution in [0.15, 0.2) is 36.4 Å². The van der Waals surface area contributed by atoms with Gasteiger partial charge in [-0.15, -0.1) is 10.1 Å². The molecule has 0 atom stereocenters. The van der Waals surface area contributed by atoms with Crippen LogP contribution >= 0.6 is 0 Å². The maximum atomic E-state index is 10.7. The van der Waals surface area contributed by atoms with E-state index in [1.165, 1.54) is 28.7 Å². The van der Waals surface area contributed by atoms with Gasteiger partial charge in [0.15, 0.2) is 0 Å². The molecular weight excluding hydrogens is 268 g/mol. The predicted octanol–water partition coefficient (Wildman–Crippen LogP) is 1.97. The molecule has 0 unspecified atom stereocenters. The number of hydrogen-bond donors (Lipinski definition) is 0. The first kappa shape index (κ1) is 11.8. The molecule has 0 aliphatic rings. The van der Waals surface area contributed by atoms with Gasteiger partial charge < -0.3 is 0 Å². The van der Waals surface area contributed by atoms with Crippen LogP contribution in [0.2, 0.25) is 0 Å². The highest BCUT2D eigenvalue weighted by atomic mass is 17.0. The topological polar surface area (TPSA) is 113 Å². The predicted molar refractivity (Wildman–Crippen MR) is 67.0 cm³/mol. The van der Waals surface area contributed by atoms with E-state index >= 15 is 0 Å². The number of non-ortho nitro benzene ring substituents is 1. The fourth-order valence-corrected chi connectivity index (χ4v) is 1.98. The first-order valence-electron chi connectivity index (χ1n) is 5.44. The van der Waals surface area contributed by atoms with Crippen molar-refractivity contribution in [3.63, 3.8) is 0 Å². The Labute approximate surface area is 110 Å². The minimum absolute atomic E-state index is 0.0242. The molecule has 0 spiro atoms. The molecule has 0 aliphatic heterocycles. The zero-order valence-electron chi connectivity index (χ0n) is 9.79. The lowest BCUT2D eigenvalue weighted by Gasteiger charge is -2.02. The number of nitrogens with zero attached hydrogens (tertiary/aromatic N) is 4. The van der Waals surface area contributed by atoms with Crippen LogP contribution in [0.4, 0.5) is 5.69 Å². The van der Waals surface area contributed by atoms with Gasteiger partial charge in [0.2, 0.25) is 5.88 Å². The second kappa shape index (κ2) is 4.16. The van der Waals surface area contributed by atoms with E-state index in [2.05, 4.69) is 9.82 Å². The third-order valence-corrected chi connectivity index (χ3v) is 2.75. The summed E-state index contributed by atoms with van der Waals surface area (Å²) in [6, 6.07) is 8.67. The lowest BCUT2D eigenvalue weighted by Crippen LogP contribution is -2.06. The normalized spacial score (nSPS) is 10.8. The number of benzene rings is 1. The smallest absolute Gasteiger partial charge is 0.273 e. The van der Waals surface area contributed by atoms with Gasteiger partial charge in [0.25, 0.3) is 5.69 Å². The lowest BCUT2D eigenvalue weighted by atomic mass is 10.3. The van der Waals surface area contributed by atoms with E-state index in [4.69, 9.17) is 0 Å². The Bertz CT molecular complexity index is 857. The van der Waals surface area contributed by atoms with Crippen molar-refractivity contribution in [3.05, 3.63) is 56.6 Å². The fraction of sp³-hybridized carbons (Fsp3) is 0. The van der Waals surface area contributed by atoms with Crippen LogP contribution in [0, 0.1) is 20.2 Å². The third-order valence-electron chi connectivity index (χ3n) is 2.75. The van der Waals surface area contributed by atoms with Gasteiger partial charge in [-0.1, -0.05) is 6.07 Å². The van der Waals surface area contributed by atoms with Crippen molar-refractivity contribution in [2.45, 2.75) is 0 Å². The molecule has 0 fully saturated rings. The number of pyridine rings is 1. The molecule has 2 heterocycles. The molecule has 20 heavy (non-hydrogen) atoms.